The molecule has 4 rings (SSSR count). The minimum atomic E-state index is 0.571. The first kappa shape index (κ1) is 13.2. The van der Waals surface area contributed by atoms with Crippen molar-refractivity contribution < 1.29 is 0 Å². The fourth-order valence-corrected chi connectivity index (χ4v) is 3.68. The van der Waals surface area contributed by atoms with Crippen molar-refractivity contribution in [2.75, 3.05) is 19.6 Å². The lowest BCUT2D eigenvalue weighted by Crippen LogP contribution is -2.31. The summed E-state index contributed by atoms with van der Waals surface area (Å²) < 4.78 is 2.38. The van der Waals surface area contributed by atoms with Crippen LogP contribution < -0.4 is 10.6 Å². The number of pyridine rings is 1. The Morgan fingerprint density at radius 2 is 2.10 bits per heavy atom. The number of imidazole rings is 1. The van der Waals surface area contributed by atoms with Crippen LogP contribution in [0.15, 0.2) is 18.3 Å². The molecule has 4 heterocycles. The third-order valence-corrected chi connectivity index (χ3v) is 4.80. The third kappa shape index (κ3) is 2.56. The standard InChI is InChI=1S/C16H23N5/c1-3-13(18-7-1)11-21-15(12-5-9-17-10-6-12)20-14-4-2-8-19-16(14)21/h2,4,8,12-13,17-18H,1,3,5-7,9-11H2. The molecule has 5 nitrogen and oxygen atoms in total. The molecule has 5 heteroatoms. The average Bonchev–Trinajstić information content (AvgIpc) is 3.17. The molecule has 0 saturated carbocycles. The van der Waals surface area contributed by atoms with Crippen molar-refractivity contribution in [2.45, 2.75) is 44.2 Å². The summed E-state index contributed by atoms with van der Waals surface area (Å²) in [5.41, 5.74) is 2.10. The molecule has 0 spiro atoms. The van der Waals surface area contributed by atoms with E-state index in [4.69, 9.17) is 4.98 Å². The van der Waals surface area contributed by atoms with Gasteiger partial charge in [0.2, 0.25) is 0 Å². The van der Waals surface area contributed by atoms with Crippen molar-refractivity contribution >= 4 is 11.2 Å². The Hall–Kier alpha value is -1.46. The molecular weight excluding hydrogens is 262 g/mol. The lowest BCUT2D eigenvalue weighted by Gasteiger charge is -2.24. The predicted molar refractivity (Wildman–Crippen MR) is 83.4 cm³/mol. The number of hydrogen-bond donors (Lipinski definition) is 2. The number of hydrogen-bond acceptors (Lipinski definition) is 4. The van der Waals surface area contributed by atoms with Gasteiger partial charge in [0.1, 0.15) is 11.3 Å². The van der Waals surface area contributed by atoms with Gasteiger partial charge in [-0.1, -0.05) is 0 Å². The Bertz CT molecular complexity index is 608. The summed E-state index contributed by atoms with van der Waals surface area (Å²) in [6.07, 6.45) is 6.79. The van der Waals surface area contributed by atoms with Crippen LogP contribution in [0.5, 0.6) is 0 Å². The van der Waals surface area contributed by atoms with Crippen molar-refractivity contribution in [1.29, 1.82) is 0 Å². The molecule has 0 amide bonds. The van der Waals surface area contributed by atoms with E-state index in [2.05, 4.69) is 26.3 Å². The molecule has 0 aromatic carbocycles. The van der Waals surface area contributed by atoms with Crippen molar-refractivity contribution in [1.82, 2.24) is 25.2 Å². The molecule has 0 radical (unpaired) electrons. The van der Waals surface area contributed by atoms with Gasteiger partial charge in [-0.05, 0) is 57.5 Å². The fourth-order valence-electron chi connectivity index (χ4n) is 3.68. The highest BCUT2D eigenvalue weighted by Gasteiger charge is 2.25. The van der Waals surface area contributed by atoms with Crippen LogP contribution in [0.4, 0.5) is 0 Å². The van der Waals surface area contributed by atoms with Crippen molar-refractivity contribution in [3.05, 3.63) is 24.2 Å². The van der Waals surface area contributed by atoms with Gasteiger partial charge in [0.15, 0.2) is 5.65 Å². The summed E-state index contributed by atoms with van der Waals surface area (Å²) in [4.78, 5) is 9.52. The topological polar surface area (TPSA) is 54.8 Å². The molecule has 2 saturated heterocycles. The van der Waals surface area contributed by atoms with Crippen LogP contribution in [0, 0.1) is 0 Å². The van der Waals surface area contributed by atoms with Crippen LogP contribution in [-0.2, 0) is 6.54 Å². The van der Waals surface area contributed by atoms with Crippen LogP contribution in [-0.4, -0.2) is 40.2 Å². The first-order valence-corrected chi connectivity index (χ1v) is 8.17. The van der Waals surface area contributed by atoms with E-state index in [1.54, 1.807) is 0 Å². The molecule has 0 bridgehead atoms. The SMILES string of the molecule is c1cnc2c(c1)nc(C1CCNCC1)n2CC1CCCN1. The maximum Gasteiger partial charge on any atom is 0.160 e. The van der Waals surface area contributed by atoms with Gasteiger partial charge in [-0.25, -0.2) is 9.97 Å². The van der Waals surface area contributed by atoms with Crippen LogP contribution in [0.1, 0.15) is 37.4 Å². The zero-order chi connectivity index (χ0) is 14.1. The molecule has 2 fully saturated rings. The molecule has 2 aliphatic heterocycles. The minimum Gasteiger partial charge on any atom is -0.317 e. The van der Waals surface area contributed by atoms with Gasteiger partial charge in [-0.2, -0.15) is 0 Å². The van der Waals surface area contributed by atoms with E-state index in [-0.39, 0.29) is 0 Å². The van der Waals surface area contributed by atoms with Crippen molar-refractivity contribution in [2.24, 2.45) is 0 Å². The summed E-state index contributed by atoms with van der Waals surface area (Å²) in [6.45, 7) is 4.35. The maximum atomic E-state index is 4.92. The third-order valence-electron chi connectivity index (χ3n) is 4.80. The second kappa shape index (κ2) is 5.73. The molecule has 21 heavy (non-hydrogen) atoms. The summed E-state index contributed by atoms with van der Waals surface area (Å²) >= 11 is 0. The molecule has 1 atom stereocenters. The van der Waals surface area contributed by atoms with Crippen molar-refractivity contribution in [3.63, 3.8) is 0 Å². The van der Waals surface area contributed by atoms with Crippen LogP contribution in [0.3, 0.4) is 0 Å². The van der Waals surface area contributed by atoms with Gasteiger partial charge in [-0.3, -0.25) is 0 Å². The molecule has 2 aromatic rings. The molecular formula is C16H23N5. The molecule has 112 valence electrons. The highest BCUT2D eigenvalue weighted by molar-refractivity contribution is 5.71. The molecule has 1 unspecified atom stereocenters. The van der Waals surface area contributed by atoms with Crippen LogP contribution in [0.25, 0.3) is 11.2 Å². The first-order valence-electron chi connectivity index (χ1n) is 8.17. The Labute approximate surface area is 125 Å². The predicted octanol–water partition coefficient (Wildman–Crippen LogP) is 1.65. The maximum absolute atomic E-state index is 4.92. The Kier molecular flexibility index (Phi) is 3.61. The molecule has 2 aliphatic rings. The monoisotopic (exact) mass is 285 g/mol. The van der Waals surface area contributed by atoms with E-state index in [0.29, 0.717) is 12.0 Å². The van der Waals surface area contributed by atoms with E-state index in [1.165, 1.54) is 31.5 Å². The quantitative estimate of drug-likeness (QED) is 0.900. The Morgan fingerprint density at radius 3 is 2.90 bits per heavy atom. The normalized spacial score (nSPS) is 23.9. The zero-order valence-corrected chi connectivity index (χ0v) is 12.4. The fraction of sp³-hybridized carbons (Fsp3) is 0.625. The smallest absolute Gasteiger partial charge is 0.160 e. The van der Waals surface area contributed by atoms with Gasteiger partial charge in [0, 0.05) is 24.7 Å². The van der Waals surface area contributed by atoms with Gasteiger partial charge < -0.3 is 15.2 Å². The van der Waals surface area contributed by atoms with Crippen LogP contribution in [0.2, 0.25) is 0 Å². The number of piperidine rings is 1. The van der Waals surface area contributed by atoms with E-state index in [1.807, 2.05) is 12.3 Å². The highest BCUT2D eigenvalue weighted by Crippen LogP contribution is 2.28. The van der Waals surface area contributed by atoms with Gasteiger partial charge in [0.05, 0.1) is 0 Å². The average molecular weight is 285 g/mol. The molecule has 0 aliphatic carbocycles. The Morgan fingerprint density at radius 1 is 1.19 bits per heavy atom. The number of aromatic nitrogens is 3. The van der Waals surface area contributed by atoms with Crippen molar-refractivity contribution in [3.8, 4) is 0 Å². The second-order valence-corrected chi connectivity index (χ2v) is 6.24. The number of rotatable bonds is 3. The zero-order valence-electron chi connectivity index (χ0n) is 12.4. The summed E-state index contributed by atoms with van der Waals surface area (Å²) in [6, 6.07) is 4.65. The van der Waals surface area contributed by atoms with E-state index >= 15 is 0 Å². The number of nitrogens with one attached hydrogen (secondary N) is 2. The van der Waals surface area contributed by atoms with Gasteiger partial charge in [-0.15, -0.1) is 0 Å². The number of nitrogens with zero attached hydrogens (tertiary/aromatic N) is 3. The summed E-state index contributed by atoms with van der Waals surface area (Å²) in [5, 5.41) is 7.05. The van der Waals surface area contributed by atoms with Crippen LogP contribution >= 0.6 is 0 Å². The molecule has 2 N–H and O–H groups in total. The number of fused-ring (bicyclic) bond motifs is 1. The Balaban J connectivity index is 1.72. The first-order chi connectivity index (χ1) is 10.4. The largest absolute Gasteiger partial charge is 0.317 e. The highest BCUT2D eigenvalue weighted by atomic mass is 15.2. The second-order valence-electron chi connectivity index (χ2n) is 6.24. The molecule has 2 aromatic heterocycles. The van der Waals surface area contributed by atoms with E-state index < -0.39 is 0 Å². The van der Waals surface area contributed by atoms with E-state index in [9.17, 15) is 0 Å². The summed E-state index contributed by atoms with van der Waals surface area (Å²) in [7, 11) is 0. The minimum absolute atomic E-state index is 0.571. The lowest BCUT2D eigenvalue weighted by atomic mass is 9.97. The summed E-state index contributed by atoms with van der Waals surface area (Å²) in [5.74, 6) is 1.82. The van der Waals surface area contributed by atoms with Gasteiger partial charge >= 0.3 is 0 Å². The lowest BCUT2D eigenvalue weighted by molar-refractivity contribution is 0.418. The van der Waals surface area contributed by atoms with E-state index in [0.717, 1.165) is 37.3 Å². The van der Waals surface area contributed by atoms with Gasteiger partial charge in [0.25, 0.3) is 0 Å².